The van der Waals surface area contributed by atoms with Crippen LogP contribution in [0.4, 0.5) is 4.79 Å². The Hall–Kier alpha value is -2.48. The van der Waals surface area contributed by atoms with E-state index in [9.17, 15) is 9.59 Å². The van der Waals surface area contributed by atoms with Gasteiger partial charge in [-0.25, -0.2) is 9.59 Å². The molecular weight excluding hydrogens is 234 g/mol. The maximum atomic E-state index is 11.5. The van der Waals surface area contributed by atoms with E-state index in [1.54, 1.807) is 0 Å². The van der Waals surface area contributed by atoms with E-state index < -0.39 is 12.1 Å². The fourth-order valence-electron chi connectivity index (χ4n) is 1.13. The summed E-state index contributed by atoms with van der Waals surface area (Å²) in [6, 6.07) is 9.27. The summed E-state index contributed by atoms with van der Waals surface area (Å²) in [5.41, 5.74) is 0.885. The zero-order valence-electron chi connectivity index (χ0n) is 9.92. The number of hydrogen-bond donors (Lipinski definition) is 1. The van der Waals surface area contributed by atoms with Crippen molar-refractivity contribution in [2.24, 2.45) is 0 Å². The zero-order valence-corrected chi connectivity index (χ0v) is 9.92. The Morgan fingerprint density at radius 2 is 2.00 bits per heavy atom. The number of carbonyl (C=O) groups excluding carboxylic acids is 1. The molecule has 0 fully saturated rings. The topological polar surface area (TPSA) is 66.8 Å². The summed E-state index contributed by atoms with van der Waals surface area (Å²) in [4.78, 5) is 22.8. The van der Waals surface area contributed by atoms with Crippen molar-refractivity contribution in [3.63, 3.8) is 0 Å². The summed E-state index contributed by atoms with van der Waals surface area (Å²) in [6.07, 6.45) is -0.543. The number of hydrogen-bond acceptors (Lipinski definition) is 3. The van der Waals surface area contributed by atoms with Crippen molar-refractivity contribution in [1.29, 1.82) is 0 Å². The lowest BCUT2D eigenvalue weighted by Crippen LogP contribution is -2.27. The van der Waals surface area contributed by atoms with Crippen molar-refractivity contribution in [3.05, 3.63) is 35.9 Å². The highest BCUT2D eigenvalue weighted by Crippen LogP contribution is 2.02. The van der Waals surface area contributed by atoms with Crippen LogP contribution in [0.2, 0.25) is 0 Å². The fraction of sp³-hybridized carbons (Fsp3) is 0.231. The minimum Gasteiger partial charge on any atom is -0.472 e. The molecule has 0 atom stereocenters. The normalized spacial score (nSPS) is 8.94. The molecule has 0 radical (unpaired) electrons. The van der Waals surface area contributed by atoms with Gasteiger partial charge in [0.05, 0.1) is 6.54 Å². The monoisotopic (exact) mass is 247 g/mol. The maximum Gasteiger partial charge on any atom is 0.410 e. The van der Waals surface area contributed by atoms with Gasteiger partial charge in [-0.1, -0.05) is 36.3 Å². The highest BCUT2D eigenvalue weighted by Gasteiger charge is 2.08. The van der Waals surface area contributed by atoms with Gasteiger partial charge in [-0.15, -0.1) is 0 Å². The summed E-state index contributed by atoms with van der Waals surface area (Å²) in [6.45, 7) is 0.191. The Balaban J connectivity index is 2.37. The molecule has 0 saturated carbocycles. The van der Waals surface area contributed by atoms with Crippen LogP contribution in [0.25, 0.3) is 0 Å². The van der Waals surface area contributed by atoms with Crippen LogP contribution in [-0.4, -0.2) is 35.7 Å². The molecule has 5 heteroatoms. The van der Waals surface area contributed by atoms with Gasteiger partial charge in [0.2, 0.25) is 0 Å². The number of ether oxygens (including phenoxy) is 1. The second kappa shape index (κ2) is 6.97. The summed E-state index contributed by atoms with van der Waals surface area (Å²) in [5, 5.41) is 8.31. The largest absolute Gasteiger partial charge is 0.472 e. The van der Waals surface area contributed by atoms with Gasteiger partial charge in [0.25, 0.3) is 0 Å². The maximum absolute atomic E-state index is 11.5. The van der Waals surface area contributed by atoms with Crippen molar-refractivity contribution < 1.29 is 19.4 Å². The molecule has 0 bridgehead atoms. The van der Waals surface area contributed by atoms with Gasteiger partial charge in [0.1, 0.15) is 6.61 Å². The van der Waals surface area contributed by atoms with Crippen LogP contribution >= 0.6 is 0 Å². The Bertz CT molecular complexity index is 473. The second-order valence-electron chi connectivity index (χ2n) is 3.50. The summed E-state index contributed by atoms with van der Waals surface area (Å²) < 4.78 is 5.02. The molecule has 18 heavy (non-hydrogen) atoms. The third-order valence-electron chi connectivity index (χ3n) is 2.03. The molecule has 1 rings (SSSR count). The number of benzene rings is 1. The van der Waals surface area contributed by atoms with E-state index in [1.165, 1.54) is 11.9 Å². The van der Waals surface area contributed by atoms with Crippen LogP contribution in [-0.2, 0) is 16.1 Å². The molecule has 1 aromatic carbocycles. The van der Waals surface area contributed by atoms with Gasteiger partial charge in [0, 0.05) is 13.0 Å². The number of nitrogens with zero attached hydrogens (tertiary/aromatic N) is 1. The lowest BCUT2D eigenvalue weighted by molar-refractivity contribution is -0.130. The molecule has 1 amide bonds. The third kappa shape index (κ3) is 5.03. The van der Waals surface area contributed by atoms with E-state index in [0.29, 0.717) is 0 Å². The number of amides is 1. The van der Waals surface area contributed by atoms with Crippen LogP contribution in [0.5, 0.6) is 0 Å². The number of carbonyl (C=O) groups is 2. The molecule has 0 heterocycles. The first-order valence-corrected chi connectivity index (χ1v) is 5.23. The third-order valence-corrected chi connectivity index (χ3v) is 2.03. The van der Waals surface area contributed by atoms with Gasteiger partial charge in [-0.3, -0.25) is 0 Å². The molecule has 1 N–H and O–H groups in total. The van der Waals surface area contributed by atoms with Crippen LogP contribution < -0.4 is 0 Å². The summed E-state index contributed by atoms with van der Waals surface area (Å²) >= 11 is 0. The molecule has 0 aliphatic carbocycles. The van der Waals surface area contributed by atoms with Gasteiger partial charge < -0.3 is 14.7 Å². The fourth-order valence-corrected chi connectivity index (χ4v) is 1.13. The average molecular weight is 247 g/mol. The second-order valence-corrected chi connectivity index (χ2v) is 3.50. The van der Waals surface area contributed by atoms with E-state index in [2.05, 4.69) is 5.92 Å². The van der Waals surface area contributed by atoms with Crippen LogP contribution in [0.1, 0.15) is 5.56 Å². The van der Waals surface area contributed by atoms with E-state index in [0.717, 1.165) is 5.56 Å². The van der Waals surface area contributed by atoms with Gasteiger partial charge in [-0.2, -0.15) is 0 Å². The SMILES string of the molecule is CN(CC#CC(=O)O)C(=O)OCc1ccccc1. The minimum absolute atomic E-state index is 0.0138. The predicted molar refractivity (Wildman–Crippen MR) is 64.7 cm³/mol. The molecule has 0 unspecified atom stereocenters. The van der Waals surface area contributed by atoms with Crippen molar-refractivity contribution in [3.8, 4) is 11.8 Å². The van der Waals surface area contributed by atoms with Gasteiger partial charge in [0.15, 0.2) is 0 Å². The molecule has 0 aliphatic rings. The van der Waals surface area contributed by atoms with Gasteiger partial charge in [-0.05, 0) is 5.56 Å². The van der Waals surface area contributed by atoms with Crippen LogP contribution in [0, 0.1) is 11.8 Å². The lowest BCUT2D eigenvalue weighted by Gasteiger charge is -2.13. The van der Waals surface area contributed by atoms with Crippen molar-refractivity contribution in [1.82, 2.24) is 4.90 Å². The van der Waals surface area contributed by atoms with Crippen molar-refractivity contribution in [2.45, 2.75) is 6.61 Å². The quantitative estimate of drug-likeness (QED) is 0.818. The molecule has 0 saturated heterocycles. The van der Waals surface area contributed by atoms with Crippen LogP contribution in [0.3, 0.4) is 0 Å². The number of rotatable bonds is 3. The first kappa shape index (κ1) is 13.6. The highest BCUT2D eigenvalue weighted by molar-refractivity contribution is 5.86. The van der Waals surface area contributed by atoms with Crippen LogP contribution in [0.15, 0.2) is 30.3 Å². The van der Waals surface area contributed by atoms with Crippen molar-refractivity contribution in [2.75, 3.05) is 13.6 Å². The smallest absolute Gasteiger partial charge is 0.410 e. The van der Waals surface area contributed by atoms with E-state index in [-0.39, 0.29) is 13.2 Å². The molecule has 0 aliphatic heterocycles. The molecular formula is C13H13NO4. The van der Waals surface area contributed by atoms with E-state index >= 15 is 0 Å². The highest BCUT2D eigenvalue weighted by atomic mass is 16.6. The standard InChI is InChI=1S/C13H13NO4/c1-14(9-5-8-12(15)16)13(17)18-10-11-6-3-2-4-7-11/h2-4,6-7H,9-10H2,1H3,(H,15,16). The number of aliphatic carboxylic acids is 1. The first-order chi connectivity index (χ1) is 8.59. The minimum atomic E-state index is -1.22. The van der Waals surface area contributed by atoms with E-state index in [1.807, 2.05) is 36.3 Å². The average Bonchev–Trinajstić information content (AvgIpc) is 2.36. The number of carboxylic acids is 1. The predicted octanol–water partition coefficient (Wildman–Crippen LogP) is 1.34. The Morgan fingerprint density at radius 1 is 1.33 bits per heavy atom. The summed E-state index contributed by atoms with van der Waals surface area (Å²) in [5.74, 6) is 3.04. The number of carboxylic acid groups (broad SMARTS) is 1. The molecule has 0 aromatic heterocycles. The van der Waals surface area contributed by atoms with E-state index in [4.69, 9.17) is 9.84 Å². The molecule has 5 nitrogen and oxygen atoms in total. The Kier molecular flexibility index (Phi) is 5.26. The Labute approximate surface area is 105 Å². The molecule has 94 valence electrons. The zero-order chi connectivity index (χ0) is 13.4. The lowest BCUT2D eigenvalue weighted by atomic mass is 10.2. The first-order valence-electron chi connectivity index (χ1n) is 5.23. The Morgan fingerprint density at radius 3 is 2.61 bits per heavy atom. The van der Waals surface area contributed by atoms with Crippen molar-refractivity contribution >= 4 is 12.1 Å². The molecule has 0 spiro atoms. The van der Waals surface area contributed by atoms with Gasteiger partial charge >= 0.3 is 12.1 Å². The molecule has 1 aromatic rings. The summed E-state index contributed by atoms with van der Waals surface area (Å²) in [7, 11) is 1.49.